The van der Waals surface area contributed by atoms with Crippen molar-refractivity contribution in [2.24, 2.45) is 0 Å². The van der Waals surface area contributed by atoms with Gasteiger partial charge in [0.05, 0.1) is 0 Å². The van der Waals surface area contributed by atoms with Gasteiger partial charge in [0.1, 0.15) is 0 Å². The van der Waals surface area contributed by atoms with Gasteiger partial charge in [-0.3, -0.25) is 4.79 Å². The molecule has 0 N–H and O–H groups in total. The highest BCUT2D eigenvalue weighted by molar-refractivity contribution is 5.90. The SMILES string of the molecule is Cc1cc(C)n2nc(C(=O)OC(C(=O)N(C)C)c3ccccc3)nc2n1. The van der Waals surface area contributed by atoms with E-state index < -0.39 is 12.1 Å². The first-order chi connectivity index (χ1) is 12.4. The number of amides is 1. The number of aryl methyl sites for hydroxylation is 2. The van der Waals surface area contributed by atoms with Gasteiger partial charge in [0, 0.05) is 31.0 Å². The van der Waals surface area contributed by atoms with Crippen LogP contribution in [0.1, 0.15) is 33.7 Å². The second kappa shape index (κ2) is 6.91. The van der Waals surface area contributed by atoms with Crippen LogP contribution in [0.5, 0.6) is 0 Å². The average Bonchev–Trinajstić information content (AvgIpc) is 3.04. The molecule has 0 radical (unpaired) electrons. The topological polar surface area (TPSA) is 89.7 Å². The monoisotopic (exact) mass is 353 g/mol. The number of esters is 1. The van der Waals surface area contributed by atoms with E-state index in [1.807, 2.05) is 26.0 Å². The normalized spacial score (nSPS) is 12.0. The molecule has 8 heteroatoms. The second-order valence-corrected chi connectivity index (χ2v) is 6.11. The van der Waals surface area contributed by atoms with Crippen molar-refractivity contribution < 1.29 is 14.3 Å². The number of benzene rings is 1. The average molecular weight is 353 g/mol. The quantitative estimate of drug-likeness (QED) is 0.664. The van der Waals surface area contributed by atoms with Gasteiger partial charge in [0.25, 0.3) is 17.5 Å². The van der Waals surface area contributed by atoms with Gasteiger partial charge in [-0.2, -0.15) is 4.98 Å². The number of likely N-dealkylation sites (N-methyl/N-ethyl adjacent to an activating group) is 1. The fraction of sp³-hybridized carbons (Fsp3) is 0.278. The largest absolute Gasteiger partial charge is 0.441 e. The molecule has 3 aromatic rings. The van der Waals surface area contributed by atoms with E-state index in [1.165, 1.54) is 9.42 Å². The molecule has 0 bridgehead atoms. The molecule has 0 aliphatic carbocycles. The Morgan fingerprint density at radius 1 is 1.12 bits per heavy atom. The lowest BCUT2D eigenvalue weighted by Gasteiger charge is -2.20. The minimum atomic E-state index is -1.07. The number of ether oxygens (including phenoxy) is 1. The van der Waals surface area contributed by atoms with Crippen molar-refractivity contribution in [3.8, 4) is 0 Å². The minimum absolute atomic E-state index is 0.140. The summed E-state index contributed by atoms with van der Waals surface area (Å²) in [6.07, 6.45) is -1.07. The highest BCUT2D eigenvalue weighted by Crippen LogP contribution is 2.21. The number of rotatable bonds is 4. The van der Waals surface area contributed by atoms with Gasteiger partial charge in [-0.25, -0.2) is 14.3 Å². The first kappa shape index (κ1) is 17.5. The minimum Gasteiger partial charge on any atom is -0.441 e. The van der Waals surface area contributed by atoms with Crippen LogP contribution in [0.4, 0.5) is 0 Å². The Balaban J connectivity index is 1.93. The molecule has 0 fully saturated rings. The van der Waals surface area contributed by atoms with Crippen LogP contribution >= 0.6 is 0 Å². The van der Waals surface area contributed by atoms with Crippen molar-refractivity contribution >= 4 is 17.7 Å². The first-order valence-corrected chi connectivity index (χ1v) is 8.05. The highest BCUT2D eigenvalue weighted by atomic mass is 16.5. The standard InChI is InChI=1S/C18H19N5O3/c1-11-10-12(2)23-18(19-11)20-15(21-23)17(25)26-14(16(24)22(3)4)13-8-6-5-7-9-13/h5-10,14H,1-4H3. The van der Waals surface area contributed by atoms with Crippen molar-refractivity contribution in [2.75, 3.05) is 14.1 Å². The Bertz CT molecular complexity index is 966. The molecular formula is C18H19N5O3. The van der Waals surface area contributed by atoms with Gasteiger partial charge in [0.2, 0.25) is 6.10 Å². The first-order valence-electron chi connectivity index (χ1n) is 8.05. The van der Waals surface area contributed by atoms with E-state index in [1.54, 1.807) is 38.4 Å². The third kappa shape index (κ3) is 3.39. The predicted octanol–water partition coefficient (Wildman–Crippen LogP) is 1.73. The van der Waals surface area contributed by atoms with Crippen molar-refractivity contribution in [3.63, 3.8) is 0 Å². The maximum atomic E-state index is 12.6. The molecule has 0 aliphatic heterocycles. The van der Waals surface area contributed by atoms with E-state index in [-0.39, 0.29) is 11.7 Å². The van der Waals surface area contributed by atoms with Crippen LogP contribution in [0.25, 0.3) is 5.78 Å². The van der Waals surface area contributed by atoms with E-state index in [9.17, 15) is 9.59 Å². The zero-order chi connectivity index (χ0) is 18.8. The molecule has 1 atom stereocenters. The molecule has 2 heterocycles. The van der Waals surface area contributed by atoms with Gasteiger partial charge in [-0.05, 0) is 19.9 Å². The summed E-state index contributed by atoms with van der Waals surface area (Å²) in [5, 5.41) is 4.15. The molecule has 0 saturated carbocycles. The molecule has 1 unspecified atom stereocenters. The summed E-state index contributed by atoms with van der Waals surface area (Å²) in [5.41, 5.74) is 2.14. The van der Waals surface area contributed by atoms with Crippen molar-refractivity contribution in [1.29, 1.82) is 0 Å². The third-order valence-corrected chi connectivity index (χ3v) is 3.79. The second-order valence-electron chi connectivity index (χ2n) is 6.11. The fourth-order valence-electron chi connectivity index (χ4n) is 2.54. The van der Waals surface area contributed by atoms with Gasteiger partial charge in [0.15, 0.2) is 0 Å². The smallest absolute Gasteiger partial charge is 0.379 e. The Morgan fingerprint density at radius 3 is 2.46 bits per heavy atom. The number of fused-ring (bicyclic) bond motifs is 1. The summed E-state index contributed by atoms with van der Waals surface area (Å²) in [4.78, 5) is 34.8. The molecule has 1 aromatic carbocycles. The van der Waals surface area contributed by atoms with Crippen molar-refractivity contribution in [1.82, 2.24) is 24.5 Å². The molecule has 0 spiro atoms. The zero-order valence-corrected chi connectivity index (χ0v) is 15.0. The van der Waals surface area contributed by atoms with Crippen LogP contribution in [0, 0.1) is 13.8 Å². The number of carbonyl (C=O) groups excluding carboxylic acids is 2. The van der Waals surface area contributed by atoms with E-state index in [0.29, 0.717) is 11.3 Å². The van der Waals surface area contributed by atoms with Crippen LogP contribution in [-0.4, -0.2) is 50.5 Å². The lowest BCUT2D eigenvalue weighted by Crippen LogP contribution is -2.31. The maximum Gasteiger partial charge on any atom is 0.379 e. The molecule has 0 saturated heterocycles. The van der Waals surface area contributed by atoms with E-state index in [0.717, 1.165) is 11.4 Å². The highest BCUT2D eigenvalue weighted by Gasteiger charge is 2.28. The van der Waals surface area contributed by atoms with Crippen LogP contribution in [0.3, 0.4) is 0 Å². The summed E-state index contributed by atoms with van der Waals surface area (Å²) in [5.74, 6) is -0.960. The Morgan fingerprint density at radius 2 is 1.81 bits per heavy atom. The molecule has 2 aromatic heterocycles. The molecule has 0 aliphatic rings. The summed E-state index contributed by atoms with van der Waals surface area (Å²) in [7, 11) is 3.21. The Kier molecular flexibility index (Phi) is 4.66. The molecule has 1 amide bonds. The number of hydrogen-bond donors (Lipinski definition) is 0. The number of hydrogen-bond acceptors (Lipinski definition) is 6. The summed E-state index contributed by atoms with van der Waals surface area (Å²) < 4.78 is 6.92. The maximum absolute atomic E-state index is 12.6. The van der Waals surface area contributed by atoms with Gasteiger partial charge >= 0.3 is 5.97 Å². The number of carbonyl (C=O) groups is 2. The predicted molar refractivity (Wildman–Crippen MR) is 93.5 cm³/mol. The van der Waals surface area contributed by atoms with Crippen LogP contribution < -0.4 is 0 Å². The van der Waals surface area contributed by atoms with Gasteiger partial charge < -0.3 is 9.64 Å². The lowest BCUT2D eigenvalue weighted by atomic mass is 10.1. The Labute approximate surface area is 150 Å². The van der Waals surface area contributed by atoms with Gasteiger partial charge in [-0.1, -0.05) is 30.3 Å². The molecule has 8 nitrogen and oxygen atoms in total. The van der Waals surface area contributed by atoms with Crippen LogP contribution in [0.15, 0.2) is 36.4 Å². The van der Waals surface area contributed by atoms with Crippen LogP contribution in [0.2, 0.25) is 0 Å². The Hall–Kier alpha value is -3.29. The molecular weight excluding hydrogens is 334 g/mol. The zero-order valence-electron chi connectivity index (χ0n) is 15.0. The summed E-state index contributed by atoms with van der Waals surface area (Å²) in [6, 6.07) is 10.7. The van der Waals surface area contributed by atoms with E-state index >= 15 is 0 Å². The van der Waals surface area contributed by atoms with Gasteiger partial charge in [-0.15, -0.1) is 5.10 Å². The summed E-state index contributed by atoms with van der Waals surface area (Å²) >= 11 is 0. The molecule has 26 heavy (non-hydrogen) atoms. The van der Waals surface area contributed by atoms with Crippen molar-refractivity contribution in [2.45, 2.75) is 20.0 Å². The number of nitrogens with zero attached hydrogens (tertiary/aromatic N) is 5. The lowest BCUT2D eigenvalue weighted by molar-refractivity contribution is -0.138. The van der Waals surface area contributed by atoms with Crippen molar-refractivity contribution in [3.05, 3.63) is 59.2 Å². The van der Waals surface area contributed by atoms with E-state index in [4.69, 9.17) is 4.74 Å². The third-order valence-electron chi connectivity index (χ3n) is 3.79. The molecule has 134 valence electrons. The fourth-order valence-corrected chi connectivity index (χ4v) is 2.54. The number of aromatic nitrogens is 4. The summed E-state index contributed by atoms with van der Waals surface area (Å²) in [6.45, 7) is 3.68. The van der Waals surface area contributed by atoms with Crippen LogP contribution in [-0.2, 0) is 9.53 Å². The van der Waals surface area contributed by atoms with E-state index in [2.05, 4.69) is 15.1 Å². The molecule has 3 rings (SSSR count).